The normalized spacial score (nSPS) is 13.9. The fraction of sp³-hybridized carbons (Fsp3) is 0.500. The van der Waals surface area contributed by atoms with Crippen molar-refractivity contribution < 1.29 is 13.2 Å². The van der Waals surface area contributed by atoms with Crippen LogP contribution < -0.4 is 5.73 Å². The minimum Gasteiger partial charge on any atom is -0.328 e. The summed E-state index contributed by atoms with van der Waals surface area (Å²) in [6.45, 7) is 1.77. The van der Waals surface area contributed by atoms with E-state index < -0.39 is 11.7 Å². The predicted octanol–water partition coefficient (Wildman–Crippen LogP) is 2.38. The Kier molecular flexibility index (Phi) is 3.68. The van der Waals surface area contributed by atoms with Crippen LogP contribution in [0.4, 0.5) is 13.2 Å². The molecule has 15 heavy (non-hydrogen) atoms. The average Bonchev–Trinajstić information content (AvgIpc) is 2.13. The minimum absolute atomic E-state index is 0.0979. The van der Waals surface area contributed by atoms with Crippen molar-refractivity contribution in [3.63, 3.8) is 0 Å². The summed E-state index contributed by atoms with van der Waals surface area (Å²) in [7, 11) is 0. The van der Waals surface area contributed by atoms with Gasteiger partial charge in [0.15, 0.2) is 0 Å². The number of pyridine rings is 1. The molecule has 1 aromatic heterocycles. The Morgan fingerprint density at radius 2 is 2.13 bits per heavy atom. The van der Waals surface area contributed by atoms with E-state index in [-0.39, 0.29) is 11.6 Å². The van der Waals surface area contributed by atoms with E-state index in [4.69, 9.17) is 5.73 Å². The summed E-state index contributed by atoms with van der Waals surface area (Å²) in [6.07, 6.45) is -1.24. The zero-order valence-corrected chi connectivity index (χ0v) is 8.38. The van der Waals surface area contributed by atoms with Crippen LogP contribution in [0.15, 0.2) is 18.5 Å². The Bertz CT molecular complexity index is 321. The lowest BCUT2D eigenvalue weighted by Gasteiger charge is -2.12. The number of hydrogen-bond donors (Lipinski definition) is 1. The van der Waals surface area contributed by atoms with Crippen LogP contribution in [-0.4, -0.2) is 11.0 Å². The first-order valence-electron chi connectivity index (χ1n) is 4.67. The summed E-state index contributed by atoms with van der Waals surface area (Å²) in [5.41, 5.74) is 5.10. The van der Waals surface area contributed by atoms with Crippen molar-refractivity contribution in [2.45, 2.75) is 32.0 Å². The third-order valence-electron chi connectivity index (χ3n) is 2.09. The van der Waals surface area contributed by atoms with Crippen LogP contribution in [0.1, 0.15) is 24.5 Å². The molecule has 0 bridgehead atoms. The van der Waals surface area contributed by atoms with Crippen LogP contribution in [-0.2, 0) is 12.6 Å². The van der Waals surface area contributed by atoms with Crippen molar-refractivity contribution in [3.05, 3.63) is 29.6 Å². The fourth-order valence-electron chi connectivity index (χ4n) is 1.28. The smallest absolute Gasteiger partial charge is 0.328 e. The number of rotatable bonds is 3. The number of halogens is 3. The van der Waals surface area contributed by atoms with Gasteiger partial charge in [-0.1, -0.05) is 0 Å². The van der Waals surface area contributed by atoms with Crippen molar-refractivity contribution in [3.8, 4) is 0 Å². The third-order valence-corrected chi connectivity index (χ3v) is 2.09. The molecule has 1 aromatic rings. The number of aromatic nitrogens is 1. The van der Waals surface area contributed by atoms with Gasteiger partial charge in [-0.15, -0.1) is 0 Å². The molecule has 0 unspecified atom stereocenters. The molecule has 1 rings (SSSR count). The van der Waals surface area contributed by atoms with Crippen LogP contribution in [0.5, 0.6) is 0 Å². The van der Waals surface area contributed by atoms with Crippen LogP contribution >= 0.6 is 0 Å². The lowest BCUT2D eigenvalue weighted by molar-refractivity contribution is -0.138. The lowest BCUT2D eigenvalue weighted by atomic mass is 10.0. The summed E-state index contributed by atoms with van der Waals surface area (Å²) < 4.78 is 37.5. The highest BCUT2D eigenvalue weighted by Gasteiger charge is 2.33. The van der Waals surface area contributed by atoms with Gasteiger partial charge in [-0.05, 0) is 31.4 Å². The maximum atomic E-state index is 12.5. The van der Waals surface area contributed by atoms with E-state index in [1.54, 1.807) is 6.92 Å². The van der Waals surface area contributed by atoms with E-state index in [0.717, 1.165) is 6.20 Å². The first-order valence-corrected chi connectivity index (χ1v) is 4.67. The van der Waals surface area contributed by atoms with Gasteiger partial charge in [0.2, 0.25) is 0 Å². The Morgan fingerprint density at radius 1 is 1.47 bits per heavy atom. The maximum absolute atomic E-state index is 12.5. The highest BCUT2D eigenvalue weighted by molar-refractivity contribution is 5.26. The second-order valence-electron chi connectivity index (χ2n) is 3.55. The molecule has 0 aliphatic heterocycles. The molecule has 0 aromatic carbocycles. The zero-order chi connectivity index (χ0) is 11.5. The van der Waals surface area contributed by atoms with Gasteiger partial charge in [0.1, 0.15) is 0 Å². The summed E-state index contributed by atoms with van der Waals surface area (Å²) in [5, 5.41) is 0. The van der Waals surface area contributed by atoms with Gasteiger partial charge >= 0.3 is 6.18 Å². The van der Waals surface area contributed by atoms with Crippen LogP contribution in [0.25, 0.3) is 0 Å². The van der Waals surface area contributed by atoms with Crippen LogP contribution in [0.3, 0.4) is 0 Å². The van der Waals surface area contributed by atoms with E-state index in [0.29, 0.717) is 12.8 Å². The molecule has 2 nitrogen and oxygen atoms in total. The highest BCUT2D eigenvalue weighted by Crippen LogP contribution is 2.31. The minimum atomic E-state index is -4.33. The molecule has 1 heterocycles. The molecule has 0 amide bonds. The highest BCUT2D eigenvalue weighted by atomic mass is 19.4. The summed E-state index contributed by atoms with van der Waals surface area (Å²) >= 11 is 0. The van der Waals surface area contributed by atoms with Gasteiger partial charge in [0.25, 0.3) is 0 Å². The van der Waals surface area contributed by atoms with Crippen LogP contribution in [0.2, 0.25) is 0 Å². The molecule has 5 heteroatoms. The Hall–Kier alpha value is -1.10. The summed E-state index contributed by atoms with van der Waals surface area (Å²) in [4.78, 5) is 3.49. The number of hydrogen-bond acceptors (Lipinski definition) is 2. The maximum Gasteiger partial charge on any atom is 0.418 e. The van der Waals surface area contributed by atoms with E-state index in [1.165, 1.54) is 12.3 Å². The standard InChI is InChI=1S/C10H13F3N2/c1-7(14)2-3-8-4-5-15-6-9(8)10(11,12)13/h4-7H,2-3,14H2,1H3/t7-/m0/s1. The lowest BCUT2D eigenvalue weighted by Crippen LogP contribution is -2.17. The third kappa shape index (κ3) is 3.51. The monoisotopic (exact) mass is 218 g/mol. The Balaban J connectivity index is 2.87. The number of nitrogens with zero attached hydrogens (tertiary/aromatic N) is 1. The molecule has 0 radical (unpaired) electrons. The van der Waals surface area contributed by atoms with Gasteiger partial charge in [-0.2, -0.15) is 13.2 Å². The van der Waals surface area contributed by atoms with Gasteiger partial charge in [-0.25, -0.2) is 0 Å². The van der Waals surface area contributed by atoms with E-state index in [9.17, 15) is 13.2 Å². The van der Waals surface area contributed by atoms with E-state index >= 15 is 0 Å². The molecule has 84 valence electrons. The molecule has 0 fully saturated rings. The van der Waals surface area contributed by atoms with Crippen LogP contribution in [0, 0.1) is 0 Å². The van der Waals surface area contributed by atoms with E-state index in [2.05, 4.69) is 4.98 Å². The molecule has 2 N–H and O–H groups in total. The molecule has 0 saturated carbocycles. The SMILES string of the molecule is C[C@H](N)CCc1ccncc1C(F)(F)F. The van der Waals surface area contributed by atoms with Gasteiger partial charge in [0, 0.05) is 18.4 Å². The summed E-state index contributed by atoms with van der Waals surface area (Å²) in [5.74, 6) is 0. The zero-order valence-electron chi connectivity index (χ0n) is 8.38. The molecule has 0 aliphatic rings. The Labute approximate surface area is 86.3 Å². The molecular weight excluding hydrogens is 205 g/mol. The second-order valence-corrected chi connectivity index (χ2v) is 3.55. The largest absolute Gasteiger partial charge is 0.418 e. The second kappa shape index (κ2) is 4.61. The molecule has 0 spiro atoms. The van der Waals surface area contributed by atoms with Gasteiger partial charge in [-0.3, -0.25) is 4.98 Å². The van der Waals surface area contributed by atoms with Crippen molar-refractivity contribution in [1.82, 2.24) is 4.98 Å². The summed E-state index contributed by atoms with van der Waals surface area (Å²) in [6, 6.07) is 1.30. The average molecular weight is 218 g/mol. The topological polar surface area (TPSA) is 38.9 Å². The van der Waals surface area contributed by atoms with Crippen molar-refractivity contribution in [1.29, 1.82) is 0 Å². The van der Waals surface area contributed by atoms with Gasteiger partial charge in [0.05, 0.1) is 5.56 Å². The Morgan fingerprint density at radius 3 is 2.67 bits per heavy atom. The van der Waals surface area contributed by atoms with E-state index in [1.807, 2.05) is 0 Å². The van der Waals surface area contributed by atoms with Crippen molar-refractivity contribution >= 4 is 0 Å². The van der Waals surface area contributed by atoms with Crippen molar-refractivity contribution in [2.75, 3.05) is 0 Å². The number of alkyl halides is 3. The first-order chi connectivity index (χ1) is 6.91. The quantitative estimate of drug-likeness (QED) is 0.845. The number of aryl methyl sites for hydroxylation is 1. The molecular formula is C10H13F3N2. The predicted molar refractivity (Wildman–Crippen MR) is 51.2 cm³/mol. The fourth-order valence-corrected chi connectivity index (χ4v) is 1.28. The molecule has 0 saturated heterocycles. The molecule has 1 atom stereocenters. The number of nitrogens with two attached hydrogens (primary N) is 1. The molecule has 0 aliphatic carbocycles. The van der Waals surface area contributed by atoms with Gasteiger partial charge < -0.3 is 5.73 Å². The van der Waals surface area contributed by atoms with Crippen molar-refractivity contribution in [2.24, 2.45) is 5.73 Å². The first kappa shape index (κ1) is 12.0.